The summed E-state index contributed by atoms with van der Waals surface area (Å²) in [6.45, 7) is 0. The predicted octanol–water partition coefficient (Wildman–Crippen LogP) is 0.712. The zero-order valence-corrected chi connectivity index (χ0v) is 12.5. The third-order valence-corrected chi connectivity index (χ3v) is 6.95. The Kier molecular flexibility index (Phi) is 3.92. The van der Waals surface area contributed by atoms with E-state index in [1.54, 1.807) is 0 Å². The number of anilines is 1. The van der Waals surface area contributed by atoms with Crippen molar-refractivity contribution < 1.29 is 16.8 Å². The lowest BCUT2D eigenvalue weighted by Crippen LogP contribution is -2.29. The maximum Gasteiger partial charge on any atom is 0.236 e. The summed E-state index contributed by atoms with van der Waals surface area (Å²) in [6, 6.07) is 0. The minimum absolute atomic E-state index is 0.0423. The zero-order chi connectivity index (χ0) is 14.3. The molecular formula is C8H9Cl2N3O4S2. The maximum atomic E-state index is 12.0. The summed E-state index contributed by atoms with van der Waals surface area (Å²) in [4.78, 5) is 7.21. The molecule has 1 fully saturated rings. The molecule has 1 atom stereocenters. The molecule has 1 saturated heterocycles. The molecule has 0 aromatic carbocycles. The molecule has 2 rings (SSSR count). The van der Waals surface area contributed by atoms with Crippen LogP contribution in [0.1, 0.15) is 6.42 Å². The van der Waals surface area contributed by atoms with Crippen molar-refractivity contribution >= 4 is 48.7 Å². The van der Waals surface area contributed by atoms with Crippen LogP contribution >= 0.6 is 23.2 Å². The van der Waals surface area contributed by atoms with Crippen LogP contribution in [0.3, 0.4) is 0 Å². The van der Waals surface area contributed by atoms with Gasteiger partial charge in [0.25, 0.3) is 0 Å². The maximum absolute atomic E-state index is 12.0. The van der Waals surface area contributed by atoms with E-state index in [1.165, 1.54) is 0 Å². The van der Waals surface area contributed by atoms with Crippen molar-refractivity contribution in [3.05, 3.63) is 16.6 Å². The topological polar surface area (TPSA) is 106 Å². The van der Waals surface area contributed by atoms with Crippen molar-refractivity contribution in [2.75, 3.05) is 16.2 Å². The number of aromatic nitrogens is 2. The van der Waals surface area contributed by atoms with Crippen LogP contribution in [0.25, 0.3) is 0 Å². The van der Waals surface area contributed by atoms with Gasteiger partial charge in [0.15, 0.2) is 20.1 Å². The van der Waals surface area contributed by atoms with Gasteiger partial charge in [-0.05, 0) is 6.42 Å². The number of sulfonamides is 1. The minimum Gasteiger partial charge on any atom is -0.277 e. The molecule has 0 bridgehead atoms. The highest BCUT2D eigenvalue weighted by atomic mass is 35.5. The van der Waals surface area contributed by atoms with E-state index in [2.05, 4.69) is 14.7 Å². The van der Waals surface area contributed by atoms with Crippen molar-refractivity contribution in [1.82, 2.24) is 9.97 Å². The minimum atomic E-state index is -3.91. The van der Waals surface area contributed by atoms with E-state index in [-0.39, 0.29) is 28.2 Å². The SMILES string of the molecule is O=S1(=O)CCC(S(=O)(=O)Nc2c(Cl)ncnc2Cl)C1. The molecule has 0 spiro atoms. The largest absolute Gasteiger partial charge is 0.277 e. The molecule has 1 aromatic rings. The molecule has 0 saturated carbocycles. The van der Waals surface area contributed by atoms with E-state index in [9.17, 15) is 16.8 Å². The molecule has 2 heterocycles. The Morgan fingerprint density at radius 1 is 1.26 bits per heavy atom. The lowest BCUT2D eigenvalue weighted by Gasteiger charge is -2.13. The molecule has 0 amide bonds. The molecular weight excluding hydrogens is 337 g/mol. The molecule has 1 unspecified atom stereocenters. The molecule has 0 radical (unpaired) electrons. The van der Waals surface area contributed by atoms with Gasteiger partial charge in [-0.3, -0.25) is 4.72 Å². The number of rotatable bonds is 3. The second-order valence-electron chi connectivity index (χ2n) is 4.00. The smallest absolute Gasteiger partial charge is 0.236 e. The summed E-state index contributed by atoms with van der Waals surface area (Å²) in [5.41, 5.74) is -0.143. The number of halogens is 2. The van der Waals surface area contributed by atoms with Crippen LogP contribution in [0.2, 0.25) is 10.3 Å². The van der Waals surface area contributed by atoms with Crippen molar-refractivity contribution in [2.45, 2.75) is 11.7 Å². The molecule has 0 aliphatic carbocycles. The first-order chi connectivity index (χ1) is 8.71. The molecule has 1 aliphatic heterocycles. The van der Waals surface area contributed by atoms with Crippen LogP contribution in [-0.4, -0.2) is 43.6 Å². The first kappa shape index (κ1) is 14.8. The Morgan fingerprint density at radius 3 is 2.32 bits per heavy atom. The van der Waals surface area contributed by atoms with Crippen molar-refractivity contribution in [3.8, 4) is 0 Å². The molecule has 11 heteroatoms. The highest BCUT2D eigenvalue weighted by Crippen LogP contribution is 2.29. The van der Waals surface area contributed by atoms with Gasteiger partial charge < -0.3 is 0 Å². The quantitative estimate of drug-likeness (QED) is 0.808. The van der Waals surface area contributed by atoms with Crippen molar-refractivity contribution in [3.63, 3.8) is 0 Å². The number of nitrogens with zero attached hydrogens (tertiary/aromatic N) is 2. The Morgan fingerprint density at radius 2 is 1.84 bits per heavy atom. The highest BCUT2D eigenvalue weighted by molar-refractivity contribution is 7.97. The number of nitrogens with one attached hydrogen (secondary N) is 1. The van der Waals surface area contributed by atoms with E-state index in [1.807, 2.05) is 0 Å². The van der Waals surface area contributed by atoms with Crippen LogP contribution in [0.15, 0.2) is 6.33 Å². The zero-order valence-electron chi connectivity index (χ0n) is 9.38. The summed E-state index contributed by atoms with van der Waals surface area (Å²) < 4.78 is 48.9. The van der Waals surface area contributed by atoms with Gasteiger partial charge in [0.2, 0.25) is 10.0 Å². The monoisotopic (exact) mass is 345 g/mol. The lowest BCUT2D eigenvalue weighted by atomic mass is 10.4. The summed E-state index contributed by atoms with van der Waals surface area (Å²) in [7, 11) is -7.21. The van der Waals surface area contributed by atoms with Crippen LogP contribution in [0, 0.1) is 0 Å². The average Bonchev–Trinajstić information content (AvgIpc) is 2.65. The fraction of sp³-hybridized carbons (Fsp3) is 0.500. The van der Waals surface area contributed by atoms with Gasteiger partial charge in [-0.2, -0.15) is 0 Å². The fourth-order valence-electron chi connectivity index (χ4n) is 1.66. The Hall–Kier alpha value is -0.640. The second kappa shape index (κ2) is 5.04. The Balaban J connectivity index is 2.28. The van der Waals surface area contributed by atoms with Gasteiger partial charge >= 0.3 is 0 Å². The number of hydrogen-bond acceptors (Lipinski definition) is 6. The number of hydrogen-bond donors (Lipinski definition) is 1. The van der Waals surface area contributed by atoms with Gasteiger partial charge in [-0.15, -0.1) is 0 Å². The van der Waals surface area contributed by atoms with Crippen molar-refractivity contribution in [1.29, 1.82) is 0 Å². The molecule has 1 aliphatic rings. The third kappa shape index (κ3) is 3.28. The van der Waals surface area contributed by atoms with Crippen LogP contribution < -0.4 is 4.72 Å². The van der Waals surface area contributed by atoms with Gasteiger partial charge in [0.05, 0.1) is 16.8 Å². The first-order valence-electron chi connectivity index (χ1n) is 5.09. The van der Waals surface area contributed by atoms with E-state index >= 15 is 0 Å². The van der Waals surface area contributed by atoms with Gasteiger partial charge in [0.1, 0.15) is 12.0 Å². The standard InChI is InChI=1S/C8H9Cl2N3O4S2/c9-7-6(8(10)12-4-11-7)13-19(16,17)5-1-2-18(14,15)3-5/h4-5,13H,1-3H2. The third-order valence-electron chi connectivity index (χ3n) is 2.63. The fourth-order valence-corrected chi connectivity index (χ4v) is 6.29. The van der Waals surface area contributed by atoms with Gasteiger partial charge in [0, 0.05) is 0 Å². The predicted molar refractivity (Wildman–Crippen MR) is 71.7 cm³/mol. The van der Waals surface area contributed by atoms with E-state index in [0.29, 0.717) is 0 Å². The van der Waals surface area contributed by atoms with E-state index in [4.69, 9.17) is 23.2 Å². The molecule has 1 aromatic heterocycles. The molecule has 1 N–H and O–H groups in total. The Labute approximate surface area is 120 Å². The lowest BCUT2D eigenvalue weighted by molar-refractivity contribution is 0.587. The van der Waals surface area contributed by atoms with Crippen LogP contribution in [0.4, 0.5) is 5.69 Å². The summed E-state index contributed by atoms with van der Waals surface area (Å²) >= 11 is 11.4. The van der Waals surface area contributed by atoms with Crippen LogP contribution in [-0.2, 0) is 19.9 Å². The van der Waals surface area contributed by atoms with E-state index < -0.39 is 30.9 Å². The normalized spacial score (nSPS) is 22.3. The second-order valence-corrected chi connectivity index (χ2v) is 8.91. The molecule has 106 valence electrons. The molecule has 7 nitrogen and oxygen atoms in total. The highest BCUT2D eigenvalue weighted by Gasteiger charge is 2.37. The summed E-state index contributed by atoms with van der Waals surface area (Å²) in [5.74, 6) is -0.559. The van der Waals surface area contributed by atoms with E-state index in [0.717, 1.165) is 6.33 Å². The summed E-state index contributed by atoms with van der Waals surface area (Å²) in [5, 5.41) is -1.32. The average molecular weight is 346 g/mol. The van der Waals surface area contributed by atoms with Crippen molar-refractivity contribution in [2.24, 2.45) is 0 Å². The Bertz CT molecular complexity index is 684. The number of sulfone groups is 1. The van der Waals surface area contributed by atoms with Gasteiger partial charge in [-0.1, -0.05) is 23.2 Å². The van der Waals surface area contributed by atoms with Gasteiger partial charge in [-0.25, -0.2) is 26.8 Å². The first-order valence-corrected chi connectivity index (χ1v) is 9.22. The molecule has 19 heavy (non-hydrogen) atoms. The summed E-state index contributed by atoms with van der Waals surface area (Å²) in [6.07, 6.45) is 1.13. The van der Waals surface area contributed by atoms with Crippen LogP contribution in [0.5, 0.6) is 0 Å².